The lowest BCUT2D eigenvalue weighted by atomic mass is 10.2. The number of carbonyl (C=O) groups is 1. The Labute approximate surface area is 160 Å². The van der Waals surface area contributed by atoms with Gasteiger partial charge in [-0.1, -0.05) is 18.2 Å². The van der Waals surface area contributed by atoms with E-state index in [1.807, 2.05) is 43.3 Å². The summed E-state index contributed by atoms with van der Waals surface area (Å²) in [5.41, 5.74) is 1.90. The van der Waals surface area contributed by atoms with Crippen LogP contribution in [-0.4, -0.2) is 52.3 Å². The van der Waals surface area contributed by atoms with Gasteiger partial charge in [-0.15, -0.1) is 0 Å². The second-order valence-corrected chi connectivity index (χ2v) is 6.59. The number of amides is 1. The van der Waals surface area contributed by atoms with Gasteiger partial charge in [0, 0.05) is 11.8 Å². The number of piperazine rings is 1. The van der Waals surface area contributed by atoms with Crippen molar-refractivity contribution in [3.05, 3.63) is 48.5 Å². The number of anilines is 2. The van der Waals surface area contributed by atoms with Gasteiger partial charge in [-0.2, -0.15) is 0 Å². The van der Waals surface area contributed by atoms with Crippen molar-refractivity contribution in [3.8, 4) is 11.5 Å². The van der Waals surface area contributed by atoms with E-state index in [2.05, 4.69) is 22.3 Å². The minimum atomic E-state index is 0.0204. The minimum absolute atomic E-state index is 0.0204. The van der Waals surface area contributed by atoms with Crippen LogP contribution in [0.1, 0.15) is 6.92 Å². The molecule has 0 saturated carbocycles. The van der Waals surface area contributed by atoms with Gasteiger partial charge in [-0.3, -0.25) is 4.79 Å². The van der Waals surface area contributed by atoms with Crippen LogP contribution in [0.5, 0.6) is 11.5 Å². The number of rotatable bonds is 7. The summed E-state index contributed by atoms with van der Waals surface area (Å²) < 4.78 is 10.9. The smallest absolute Gasteiger partial charge is 0.279 e. The number of benzene rings is 2. The van der Waals surface area contributed by atoms with Crippen LogP contribution >= 0.6 is 0 Å². The zero-order chi connectivity index (χ0) is 19.1. The van der Waals surface area contributed by atoms with Gasteiger partial charge >= 0.3 is 0 Å². The molecule has 144 valence electrons. The van der Waals surface area contributed by atoms with E-state index >= 15 is 0 Å². The van der Waals surface area contributed by atoms with Crippen molar-refractivity contribution in [3.63, 3.8) is 0 Å². The molecule has 0 radical (unpaired) electrons. The summed E-state index contributed by atoms with van der Waals surface area (Å²) in [6.45, 7) is 6.67. The van der Waals surface area contributed by atoms with Gasteiger partial charge < -0.3 is 24.6 Å². The van der Waals surface area contributed by atoms with Gasteiger partial charge in [-0.05, 0) is 31.2 Å². The first-order valence-electron chi connectivity index (χ1n) is 9.44. The molecule has 1 amide bonds. The summed E-state index contributed by atoms with van der Waals surface area (Å²) in [6, 6.07) is 15.7. The summed E-state index contributed by atoms with van der Waals surface area (Å²) in [5.74, 6) is 1.60. The van der Waals surface area contributed by atoms with Crippen LogP contribution in [0.4, 0.5) is 11.4 Å². The monoisotopic (exact) mass is 370 g/mol. The Morgan fingerprint density at radius 3 is 2.67 bits per heavy atom. The summed E-state index contributed by atoms with van der Waals surface area (Å²) in [7, 11) is 1.68. The van der Waals surface area contributed by atoms with E-state index in [1.165, 1.54) is 10.6 Å². The average Bonchev–Trinajstić information content (AvgIpc) is 2.70. The molecule has 1 heterocycles. The highest BCUT2D eigenvalue weighted by molar-refractivity contribution is 5.92. The van der Waals surface area contributed by atoms with Gasteiger partial charge in [0.25, 0.3) is 5.91 Å². The minimum Gasteiger partial charge on any atom is -0.497 e. The molecule has 0 spiro atoms. The molecule has 1 aliphatic rings. The lowest BCUT2D eigenvalue weighted by Gasteiger charge is -2.33. The van der Waals surface area contributed by atoms with Crippen molar-refractivity contribution in [2.24, 2.45) is 0 Å². The molecule has 0 atom stereocenters. The molecule has 1 aliphatic heterocycles. The lowest BCUT2D eigenvalue weighted by Crippen LogP contribution is -3.15. The van der Waals surface area contributed by atoms with Gasteiger partial charge in [0.05, 0.1) is 45.6 Å². The van der Waals surface area contributed by atoms with Crippen molar-refractivity contribution in [1.29, 1.82) is 0 Å². The Hall–Kier alpha value is -2.73. The highest BCUT2D eigenvalue weighted by atomic mass is 16.5. The lowest BCUT2D eigenvalue weighted by molar-refractivity contribution is -0.892. The summed E-state index contributed by atoms with van der Waals surface area (Å²) in [4.78, 5) is 16.1. The fourth-order valence-corrected chi connectivity index (χ4v) is 3.34. The van der Waals surface area contributed by atoms with Crippen LogP contribution in [0.3, 0.4) is 0 Å². The Morgan fingerprint density at radius 2 is 1.93 bits per heavy atom. The van der Waals surface area contributed by atoms with E-state index in [4.69, 9.17) is 9.47 Å². The van der Waals surface area contributed by atoms with E-state index in [9.17, 15) is 4.79 Å². The predicted molar refractivity (Wildman–Crippen MR) is 107 cm³/mol. The molecule has 6 nitrogen and oxygen atoms in total. The quantitative estimate of drug-likeness (QED) is 0.774. The summed E-state index contributed by atoms with van der Waals surface area (Å²) >= 11 is 0. The first-order valence-corrected chi connectivity index (χ1v) is 9.44. The third kappa shape index (κ3) is 5.14. The molecule has 0 aliphatic carbocycles. The number of methoxy groups -OCH3 is 1. The molecule has 0 bridgehead atoms. The van der Waals surface area contributed by atoms with Crippen molar-refractivity contribution in [2.45, 2.75) is 6.92 Å². The second-order valence-electron chi connectivity index (χ2n) is 6.59. The van der Waals surface area contributed by atoms with Crippen LogP contribution in [0, 0.1) is 0 Å². The van der Waals surface area contributed by atoms with Gasteiger partial charge in [-0.25, -0.2) is 0 Å². The molecule has 0 aromatic heterocycles. The average molecular weight is 370 g/mol. The number of nitrogens with one attached hydrogen (secondary N) is 2. The van der Waals surface area contributed by atoms with Crippen LogP contribution < -0.4 is 24.6 Å². The number of para-hydroxylation sites is 2. The first-order chi connectivity index (χ1) is 13.2. The molecule has 27 heavy (non-hydrogen) atoms. The maximum absolute atomic E-state index is 12.5. The SMILES string of the molecule is CCOc1ccccc1NC(=O)C[NH+]1CCN(c2cccc(OC)c2)CC1. The maximum Gasteiger partial charge on any atom is 0.279 e. The van der Waals surface area contributed by atoms with Crippen molar-refractivity contribution < 1.29 is 19.2 Å². The van der Waals surface area contributed by atoms with E-state index in [-0.39, 0.29) is 5.91 Å². The van der Waals surface area contributed by atoms with Gasteiger partial charge in [0.1, 0.15) is 11.5 Å². The Morgan fingerprint density at radius 1 is 1.15 bits per heavy atom. The molecule has 1 saturated heterocycles. The van der Waals surface area contributed by atoms with E-state index < -0.39 is 0 Å². The third-order valence-electron chi connectivity index (χ3n) is 4.76. The zero-order valence-electron chi connectivity index (χ0n) is 16.0. The molecule has 6 heteroatoms. The number of ether oxygens (including phenoxy) is 2. The highest BCUT2D eigenvalue weighted by Crippen LogP contribution is 2.23. The Bertz CT molecular complexity index is 758. The van der Waals surface area contributed by atoms with E-state index in [0.717, 1.165) is 37.6 Å². The van der Waals surface area contributed by atoms with Crippen molar-refractivity contribution in [1.82, 2.24) is 0 Å². The Kier molecular flexibility index (Phi) is 6.54. The normalized spacial score (nSPS) is 14.7. The number of carbonyl (C=O) groups excluding carboxylic acids is 1. The molecule has 2 aromatic rings. The molecule has 3 rings (SSSR count). The fraction of sp³-hybridized carbons (Fsp3) is 0.381. The topological polar surface area (TPSA) is 55.2 Å². The molecule has 2 N–H and O–H groups in total. The molecule has 0 unspecified atom stereocenters. The molecular weight excluding hydrogens is 342 g/mol. The third-order valence-corrected chi connectivity index (χ3v) is 4.76. The van der Waals surface area contributed by atoms with Crippen molar-refractivity contribution in [2.75, 3.05) is 56.7 Å². The standard InChI is InChI=1S/C21H27N3O3/c1-3-27-20-10-5-4-9-19(20)22-21(25)16-23-11-13-24(14-12-23)17-7-6-8-18(15-17)26-2/h4-10,15H,3,11-14,16H2,1-2H3,(H,22,25)/p+1. The van der Waals surface area contributed by atoms with E-state index in [0.29, 0.717) is 18.9 Å². The van der Waals surface area contributed by atoms with Crippen LogP contribution in [0.15, 0.2) is 48.5 Å². The zero-order valence-corrected chi connectivity index (χ0v) is 16.0. The van der Waals surface area contributed by atoms with Crippen molar-refractivity contribution >= 4 is 17.3 Å². The number of quaternary nitrogens is 1. The Balaban J connectivity index is 1.51. The van der Waals surface area contributed by atoms with E-state index in [1.54, 1.807) is 7.11 Å². The second kappa shape index (κ2) is 9.28. The number of hydrogen-bond donors (Lipinski definition) is 2. The number of hydrogen-bond acceptors (Lipinski definition) is 4. The molecular formula is C21H28N3O3+. The largest absolute Gasteiger partial charge is 0.497 e. The highest BCUT2D eigenvalue weighted by Gasteiger charge is 2.23. The summed E-state index contributed by atoms with van der Waals surface area (Å²) in [5, 5.41) is 2.99. The van der Waals surface area contributed by atoms with Crippen LogP contribution in [0.2, 0.25) is 0 Å². The van der Waals surface area contributed by atoms with Gasteiger partial charge in [0.15, 0.2) is 6.54 Å². The molecule has 2 aromatic carbocycles. The predicted octanol–water partition coefficient (Wildman–Crippen LogP) is 1.44. The molecule has 1 fully saturated rings. The maximum atomic E-state index is 12.5. The van der Waals surface area contributed by atoms with Gasteiger partial charge in [0.2, 0.25) is 0 Å². The number of nitrogens with zero attached hydrogens (tertiary/aromatic N) is 1. The fourth-order valence-electron chi connectivity index (χ4n) is 3.34. The van der Waals surface area contributed by atoms with Crippen LogP contribution in [0.25, 0.3) is 0 Å². The first kappa shape index (κ1) is 19.0. The summed E-state index contributed by atoms with van der Waals surface area (Å²) in [6.07, 6.45) is 0. The van der Waals surface area contributed by atoms with Crippen LogP contribution in [-0.2, 0) is 4.79 Å².